The molecule has 1 heterocycles. The number of carbonyl (C=O) groups excluding carboxylic acids is 3. The highest BCUT2D eigenvalue weighted by Gasteiger charge is 2.37. The van der Waals surface area contributed by atoms with E-state index in [4.69, 9.17) is 11.6 Å². The second kappa shape index (κ2) is 10.1. The van der Waals surface area contributed by atoms with Gasteiger partial charge >= 0.3 is 0 Å². The molecular weight excluding hydrogens is 424 g/mol. The molecule has 2 aromatic carbocycles. The number of ketones is 1. The molecule has 2 atom stereocenters. The van der Waals surface area contributed by atoms with Crippen LogP contribution in [0.15, 0.2) is 60.7 Å². The Balaban J connectivity index is 1.55. The first kappa shape index (κ1) is 22.3. The SMILES string of the molecule is O=C(c1ccccc1)c1cc(Cl)ccc1NC(=O)C1CC=CCC1C(=O)N1CCCCC1. The van der Waals surface area contributed by atoms with E-state index in [-0.39, 0.29) is 23.5 Å². The molecule has 4 rings (SSSR count). The van der Waals surface area contributed by atoms with E-state index >= 15 is 0 Å². The van der Waals surface area contributed by atoms with E-state index in [1.807, 2.05) is 23.1 Å². The van der Waals surface area contributed by atoms with E-state index < -0.39 is 5.92 Å². The summed E-state index contributed by atoms with van der Waals surface area (Å²) in [6, 6.07) is 13.8. The summed E-state index contributed by atoms with van der Waals surface area (Å²) in [5.74, 6) is -1.24. The summed E-state index contributed by atoms with van der Waals surface area (Å²) in [4.78, 5) is 41.4. The molecule has 1 fully saturated rings. The summed E-state index contributed by atoms with van der Waals surface area (Å²) in [6.07, 6.45) is 8.19. The number of halogens is 1. The molecule has 1 aliphatic carbocycles. The van der Waals surface area contributed by atoms with Crippen molar-refractivity contribution in [3.63, 3.8) is 0 Å². The Labute approximate surface area is 193 Å². The van der Waals surface area contributed by atoms with E-state index in [1.54, 1.807) is 42.5 Å². The van der Waals surface area contributed by atoms with Gasteiger partial charge in [-0.1, -0.05) is 54.1 Å². The highest BCUT2D eigenvalue weighted by molar-refractivity contribution is 6.31. The maximum absolute atomic E-state index is 13.3. The number of rotatable bonds is 5. The molecular formula is C26H27ClN2O3. The topological polar surface area (TPSA) is 66.5 Å². The van der Waals surface area contributed by atoms with Gasteiger partial charge in [0.05, 0.1) is 17.5 Å². The second-order valence-corrected chi connectivity index (χ2v) is 8.85. The summed E-state index contributed by atoms with van der Waals surface area (Å²) in [5, 5.41) is 3.34. The smallest absolute Gasteiger partial charge is 0.228 e. The number of amides is 2. The molecule has 0 bridgehead atoms. The number of nitrogens with zero attached hydrogens (tertiary/aromatic N) is 1. The van der Waals surface area contributed by atoms with Gasteiger partial charge in [-0.15, -0.1) is 0 Å². The van der Waals surface area contributed by atoms with Gasteiger partial charge in [0, 0.05) is 29.2 Å². The van der Waals surface area contributed by atoms with Gasteiger partial charge < -0.3 is 10.2 Å². The lowest BCUT2D eigenvalue weighted by Gasteiger charge is -2.34. The Morgan fingerprint density at radius 3 is 2.28 bits per heavy atom. The van der Waals surface area contributed by atoms with Gasteiger partial charge in [-0.05, 0) is 50.3 Å². The quantitative estimate of drug-likeness (QED) is 0.508. The van der Waals surface area contributed by atoms with E-state index in [0.717, 1.165) is 32.4 Å². The van der Waals surface area contributed by atoms with Gasteiger partial charge in [-0.25, -0.2) is 0 Å². The molecule has 2 aromatic rings. The number of allylic oxidation sites excluding steroid dienone is 2. The normalized spacial score (nSPS) is 20.6. The van der Waals surface area contributed by atoms with Crippen LogP contribution in [-0.4, -0.2) is 35.6 Å². The summed E-state index contributed by atoms with van der Waals surface area (Å²) in [7, 11) is 0. The summed E-state index contributed by atoms with van der Waals surface area (Å²) in [5.41, 5.74) is 1.26. The first-order valence-electron chi connectivity index (χ1n) is 11.2. The Morgan fingerprint density at radius 2 is 1.56 bits per heavy atom. The minimum atomic E-state index is -0.468. The molecule has 1 aliphatic heterocycles. The third kappa shape index (κ3) is 4.94. The van der Waals surface area contributed by atoms with E-state index in [9.17, 15) is 14.4 Å². The highest BCUT2D eigenvalue weighted by atomic mass is 35.5. The van der Waals surface area contributed by atoms with Crippen LogP contribution in [0.2, 0.25) is 5.02 Å². The molecule has 32 heavy (non-hydrogen) atoms. The average Bonchev–Trinajstić information content (AvgIpc) is 2.85. The van der Waals surface area contributed by atoms with Gasteiger partial charge in [0.2, 0.25) is 11.8 Å². The van der Waals surface area contributed by atoms with Crippen molar-refractivity contribution in [1.82, 2.24) is 4.90 Å². The third-order valence-electron chi connectivity index (χ3n) is 6.27. The number of nitrogens with one attached hydrogen (secondary N) is 1. The van der Waals surface area contributed by atoms with E-state index in [1.165, 1.54) is 0 Å². The Morgan fingerprint density at radius 1 is 0.875 bits per heavy atom. The number of carbonyl (C=O) groups is 3. The van der Waals surface area contributed by atoms with Crippen molar-refractivity contribution in [2.45, 2.75) is 32.1 Å². The standard InChI is InChI=1S/C26H27ClN2O3/c27-19-13-14-23(22(17-19)24(30)18-9-3-1-4-10-18)28-25(31)20-11-5-6-12-21(20)26(32)29-15-7-2-8-16-29/h1,3-6,9-10,13-14,17,20-21H,2,7-8,11-12,15-16H2,(H,28,31). The van der Waals surface area contributed by atoms with Crippen LogP contribution in [0.25, 0.3) is 0 Å². The summed E-state index contributed by atoms with van der Waals surface area (Å²) in [6.45, 7) is 1.53. The van der Waals surface area contributed by atoms with Crippen molar-refractivity contribution in [3.05, 3.63) is 76.8 Å². The minimum absolute atomic E-state index is 0.0610. The Bertz CT molecular complexity index is 1030. The number of hydrogen-bond donors (Lipinski definition) is 1. The molecule has 2 aliphatic rings. The first-order valence-corrected chi connectivity index (χ1v) is 11.6. The molecule has 2 amide bonds. The third-order valence-corrected chi connectivity index (χ3v) is 6.51. The van der Waals surface area contributed by atoms with Gasteiger partial charge in [0.25, 0.3) is 0 Å². The van der Waals surface area contributed by atoms with E-state index in [0.29, 0.717) is 34.7 Å². The fourth-order valence-corrected chi connectivity index (χ4v) is 4.68. The zero-order valence-corrected chi connectivity index (χ0v) is 18.7. The van der Waals surface area contributed by atoms with Crippen LogP contribution in [0, 0.1) is 11.8 Å². The molecule has 5 nitrogen and oxygen atoms in total. The van der Waals surface area contributed by atoms with Crippen molar-refractivity contribution in [1.29, 1.82) is 0 Å². The molecule has 6 heteroatoms. The fraction of sp³-hybridized carbons (Fsp3) is 0.346. The predicted molar refractivity (Wildman–Crippen MR) is 126 cm³/mol. The number of piperidine rings is 1. The number of anilines is 1. The molecule has 0 spiro atoms. The van der Waals surface area contributed by atoms with Crippen molar-refractivity contribution < 1.29 is 14.4 Å². The van der Waals surface area contributed by atoms with Gasteiger partial charge in [-0.2, -0.15) is 0 Å². The lowest BCUT2D eigenvalue weighted by atomic mass is 9.81. The van der Waals surface area contributed by atoms with Crippen LogP contribution in [0.4, 0.5) is 5.69 Å². The molecule has 0 saturated carbocycles. The van der Waals surface area contributed by atoms with Crippen LogP contribution in [0.5, 0.6) is 0 Å². The summed E-state index contributed by atoms with van der Waals surface area (Å²) >= 11 is 6.16. The first-order chi connectivity index (χ1) is 15.5. The lowest BCUT2D eigenvalue weighted by molar-refractivity contribution is -0.141. The van der Waals surface area contributed by atoms with Gasteiger partial charge in [0.15, 0.2) is 5.78 Å². The maximum Gasteiger partial charge on any atom is 0.228 e. The number of benzene rings is 2. The monoisotopic (exact) mass is 450 g/mol. The summed E-state index contributed by atoms with van der Waals surface area (Å²) < 4.78 is 0. The molecule has 0 radical (unpaired) electrons. The van der Waals surface area contributed by atoms with Crippen LogP contribution in [0.1, 0.15) is 48.0 Å². The van der Waals surface area contributed by atoms with Crippen molar-refractivity contribution in [2.24, 2.45) is 11.8 Å². The second-order valence-electron chi connectivity index (χ2n) is 8.42. The number of hydrogen-bond acceptors (Lipinski definition) is 3. The van der Waals surface area contributed by atoms with Crippen molar-refractivity contribution in [3.8, 4) is 0 Å². The molecule has 1 N–H and O–H groups in total. The number of likely N-dealkylation sites (tertiary alicyclic amines) is 1. The zero-order chi connectivity index (χ0) is 22.5. The van der Waals surface area contributed by atoms with E-state index in [2.05, 4.69) is 5.32 Å². The largest absolute Gasteiger partial charge is 0.342 e. The molecule has 166 valence electrons. The van der Waals surface area contributed by atoms with Crippen molar-refractivity contribution >= 4 is 34.9 Å². The molecule has 0 aromatic heterocycles. The molecule has 2 unspecified atom stereocenters. The maximum atomic E-state index is 13.3. The predicted octanol–water partition coefficient (Wildman–Crippen LogP) is 5.10. The van der Waals surface area contributed by atoms with Crippen LogP contribution < -0.4 is 5.32 Å². The van der Waals surface area contributed by atoms with Gasteiger partial charge in [0.1, 0.15) is 0 Å². The van der Waals surface area contributed by atoms with Crippen LogP contribution in [0.3, 0.4) is 0 Å². The molecule has 1 saturated heterocycles. The lowest BCUT2D eigenvalue weighted by Crippen LogP contribution is -2.45. The van der Waals surface area contributed by atoms with Gasteiger partial charge in [-0.3, -0.25) is 14.4 Å². The average molecular weight is 451 g/mol. The minimum Gasteiger partial charge on any atom is -0.342 e. The fourth-order valence-electron chi connectivity index (χ4n) is 4.51. The highest BCUT2D eigenvalue weighted by Crippen LogP contribution is 2.31. The van der Waals surface area contributed by atoms with Crippen LogP contribution in [-0.2, 0) is 9.59 Å². The Kier molecular flexibility index (Phi) is 7.05. The zero-order valence-electron chi connectivity index (χ0n) is 17.9. The van der Waals surface area contributed by atoms with Crippen LogP contribution >= 0.6 is 11.6 Å². The van der Waals surface area contributed by atoms with Crippen molar-refractivity contribution in [2.75, 3.05) is 18.4 Å². The Hall–Kier alpha value is -2.92.